The minimum atomic E-state index is -2.86. The van der Waals surface area contributed by atoms with Crippen molar-refractivity contribution in [3.8, 4) is 0 Å². The van der Waals surface area contributed by atoms with Crippen molar-refractivity contribution in [2.24, 2.45) is 0 Å². The van der Waals surface area contributed by atoms with Gasteiger partial charge in [-0.25, -0.2) is 0 Å². The van der Waals surface area contributed by atoms with Gasteiger partial charge in [0.25, 0.3) is 0 Å². The molecule has 0 saturated carbocycles. The molecule has 0 heterocycles. The summed E-state index contributed by atoms with van der Waals surface area (Å²) in [5.74, 6) is 0. The summed E-state index contributed by atoms with van der Waals surface area (Å²) in [5.41, 5.74) is 0.130. The molecule has 1 atom stereocenters. The van der Waals surface area contributed by atoms with Gasteiger partial charge in [0.2, 0.25) is 0 Å². The third-order valence-electron chi connectivity index (χ3n) is 6.65. The van der Waals surface area contributed by atoms with E-state index in [0.717, 1.165) is 12.8 Å². The lowest BCUT2D eigenvalue weighted by Gasteiger charge is -2.60. The number of hydrogen-bond donors (Lipinski definition) is 0. The largest absolute Gasteiger partial charge is 0.356 e. The Hall–Kier alpha value is 1.48. The van der Waals surface area contributed by atoms with Crippen LogP contribution in [0.4, 0.5) is 0 Å². The maximum absolute atomic E-state index is 6.76. The molecule has 152 valence electrons. The van der Waals surface area contributed by atoms with Crippen molar-refractivity contribution in [3.05, 3.63) is 0 Å². The molecular weight excluding hydrogens is 421 g/mol. The first-order valence-electron chi connectivity index (χ1n) is 9.68. The minimum absolute atomic E-state index is 0.130. The van der Waals surface area contributed by atoms with Crippen molar-refractivity contribution in [1.29, 1.82) is 0 Å². The Kier molecular flexibility index (Phi) is 9.40. The molecule has 0 saturated heterocycles. The second-order valence-electron chi connectivity index (χ2n) is 10.5. The summed E-state index contributed by atoms with van der Waals surface area (Å²) in [6, 6.07) is -2.86. The van der Waals surface area contributed by atoms with Gasteiger partial charge < -0.3 is 4.23 Å². The summed E-state index contributed by atoms with van der Waals surface area (Å²) in [7, 11) is -3.67. The van der Waals surface area contributed by atoms with Crippen LogP contribution in [0.3, 0.4) is 0 Å². The Morgan fingerprint density at radius 2 is 1.12 bits per heavy atom. The van der Waals surface area contributed by atoms with Crippen LogP contribution in [-0.2, 0) is 0 Å². The fraction of sp³-hybridized carbons (Fsp3) is 1.00. The average molecular weight is 463 g/mol. The Balaban J connectivity index is 6.34. The molecule has 0 fully saturated rings. The standard InChI is InChI=1S/C18H42Cl3NSi3/c1-12-13-14-15-16(25(19,20)21)22(23(8,9)17(2,3)4)24(10,11)18(5,6)7/h16H,12-15H2,1-11H3. The summed E-state index contributed by atoms with van der Waals surface area (Å²) < 4.78 is 2.86. The van der Waals surface area contributed by atoms with E-state index in [4.69, 9.17) is 33.2 Å². The quantitative estimate of drug-likeness (QED) is 0.198. The van der Waals surface area contributed by atoms with E-state index in [-0.39, 0.29) is 15.7 Å². The average Bonchev–Trinajstić information content (AvgIpc) is 2.33. The van der Waals surface area contributed by atoms with Crippen molar-refractivity contribution in [2.45, 2.75) is 116 Å². The highest BCUT2D eigenvalue weighted by atomic mass is 35.8. The lowest BCUT2D eigenvalue weighted by Crippen LogP contribution is -2.74. The first-order chi connectivity index (χ1) is 10.8. The summed E-state index contributed by atoms with van der Waals surface area (Å²) >= 11 is 20.3. The van der Waals surface area contributed by atoms with E-state index in [9.17, 15) is 0 Å². The van der Waals surface area contributed by atoms with Crippen molar-refractivity contribution < 1.29 is 0 Å². The Labute approximate surface area is 175 Å². The van der Waals surface area contributed by atoms with Gasteiger partial charge in [-0.3, -0.25) is 0 Å². The second-order valence-corrected chi connectivity index (χ2v) is 30.0. The summed E-state index contributed by atoms with van der Waals surface area (Å²) in [6.07, 6.45) is 4.60. The molecule has 1 nitrogen and oxygen atoms in total. The van der Waals surface area contributed by atoms with E-state index in [2.05, 4.69) is 78.9 Å². The van der Waals surface area contributed by atoms with Gasteiger partial charge in [0, 0.05) is 5.67 Å². The van der Waals surface area contributed by atoms with E-state index in [1.54, 1.807) is 0 Å². The number of halogens is 3. The molecule has 25 heavy (non-hydrogen) atoms. The monoisotopic (exact) mass is 461 g/mol. The predicted octanol–water partition coefficient (Wildman–Crippen LogP) is 8.44. The maximum Gasteiger partial charge on any atom is 0.356 e. The molecule has 0 aliphatic heterocycles. The Bertz CT molecular complexity index is 395. The lowest BCUT2D eigenvalue weighted by molar-refractivity contribution is 0.447. The molecule has 0 aliphatic rings. The highest BCUT2D eigenvalue weighted by molar-refractivity contribution is 7.65. The summed E-state index contributed by atoms with van der Waals surface area (Å²) in [6.45, 7) is 26.5. The Morgan fingerprint density at radius 1 is 0.760 bits per heavy atom. The molecule has 0 amide bonds. The zero-order valence-electron chi connectivity index (χ0n) is 18.5. The van der Waals surface area contributed by atoms with E-state index in [1.165, 1.54) is 12.8 Å². The molecule has 1 unspecified atom stereocenters. The van der Waals surface area contributed by atoms with Crippen molar-refractivity contribution in [1.82, 2.24) is 4.23 Å². The van der Waals surface area contributed by atoms with Crippen LogP contribution >= 0.6 is 33.2 Å². The molecule has 0 bridgehead atoms. The molecule has 0 aromatic heterocycles. The zero-order chi connectivity index (χ0) is 20.5. The van der Waals surface area contributed by atoms with Gasteiger partial charge in [0.05, 0.1) is 0 Å². The molecule has 0 rings (SSSR count). The van der Waals surface area contributed by atoms with E-state index >= 15 is 0 Å². The molecule has 0 aromatic rings. The SMILES string of the molecule is CCCCCC(N([Si](C)(C)C(C)(C)C)[Si](C)(C)C(C)(C)C)[Si](Cl)(Cl)Cl. The van der Waals surface area contributed by atoms with Crippen LogP contribution in [-0.4, -0.2) is 32.4 Å². The van der Waals surface area contributed by atoms with Gasteiger partial charge in [-0.05, 0) is 16.5 Å². The topological polar surface area (TPSA) is 3.24 Å². The first-order valence-corrected chi connectivity index (χ1v) is 20.7. The Morgan fingerprint density at radius 3 is 1.36 bits per heavy atom. The van der Waals surface area contributed by atoms with Crippen LogP contribution in [0.2, 0.25) is 36.3 Å². The van der Waals surface area contributed by atoms with Crippen molar-refractivity contribution in [2.75, 3.05) is 0 Å². The normalized spacial score (nSPS) is 16.4. The third-order valence-corrected chi connectivity index (χ3v) is 24.5. The number of hydrogen-bond acceptors (Lipinski definition) is 1. The van der Waals surface area contributed by atoms with Crippen LogP contribution in [0.5, 0.6) is 0 Å². The van der Waals surface area contributed by atoms with E-state index in [1.807, 2.05) is 0 Å². The smallest absolute Gasteiger partial charge is 0.342 e. The van der Waals surface area contributed by atoms with E-state index < -0.39 is 22.5 Å². The van der Waals surface area contributed by atoms with Crippen LogP contribution in [0.15, 0.2) is 0 Å². The molecule has 7 heteroatoms. The molecule has 0 radical (unpaired) electrons. The minimum Gasteiger partial charge on any atom is -0.342 e. The highest BCUT2D eigenvalue weighted by Crippen LogP contribution is 2.50. The molecular formula is C18H42Cl3NSi3. The second kappa shape index (κ2) is 8.87. The molecule has 0 aromatic carbocycles. The maximum atomic E-state index is 6.76. The predicted molar refractivity (Wildman–Crippen MR) is 127 cm³/mol. The van der Waals surface area contributed by atoms with Crippen LogP contribution in [0.25, 0.3) is 0 Å². The third kappa shape index (κ3) is 6.50. The fourth-order valence-electron chi connectivity index (χ4n) is 3.23. The number of nitrogens with zero attached hydrogens (tertiary/aromatic N) is 1. The molecule has 0 aliphatic carbocycles. The first kappa shape index (κ1) is 26.5. The summed E-state index contributed by atoms with van der Waals surface area (Å²) in [5, 5.41) is 0.464. The van der Waals surface area contributed by atoms with Crippen LogP contribution in [0.1, 0.15) is 74.1 Å². The summed E-state index contributed by atoms with van der Waals surface area (Å²) in [4.78, 5) is 0. The van der Waals surface area contributed by atoms with Crippen LogP contribution in [0, 0.1) is 0 Å². The van der Waals surface area contributed by atoms with Gasteiger partial charge >= 0.3 is 6.00 Å². The van der Waals surface area contributed by atoms with Gasteiger partial charge in [-0.2, -0.15) is 0 Å². The molecule has 0 spiro atoms. The zero-order valence-corrected chi connectivity index (χ0v) is 23.8. The van der Waals surface area contributed by atoms with E-state index in [0.29, 0.717) is 0 Å². The highest BCUT2D eigenvalue weighted by Gasteiger charge is 2.58. The van der Waals surface area contributed by atoms with Crippen molar-refractivity contribution >= 4 is 55.7 Å². The van der Waals surface area contributed by atoms with Gasteiger partial charge in [0.1, 0.15) is 16.5 Å². The molecule has 0 N–H and O–H groups in total. The van der Waals surface area contributed by atoms with Crippen molar-refractivity contribution in [3.63, 3.8) is 0 Å². The number of unbranched alkanes of at least 4 members (excludes halogenated alkanes) is 2. The fourth-order valence-corrected chi connectivity index (χ4v) is 21.3. The van der Waals surface area contributed by atoms with Gasteiger partial charge in [-0.1, -0.05) is 93.9 Å². The lowest BCUT2D eigenvalue weighted by atomic mass is 10.2. The number of rotatable bonds is 8. The van der Waals surface area contributed by atoms with Gasteiger partial charge in [-0.15, -0.1) is 33.2 Å². The van der Waals surface area contributed by atoms with Crippen LogP contribution < -0.4 is 0 Å². The van der Waals surface area contributed by atoms with Gasteiger partial charge in [0.15, 0.2) is 0 Å².